The van der Waals surface area contributed by atoms with Gasteiger partial charge in [0.05, 0.1) is 0 Å². The van der Waals surface area contributed by atoms with Gasteiger partial charge in [-0.15, -0.1) is 0 Å². The highest BCUT2D eigenvalue weighted by Gasteiger charge is 2.26. The predicted octanol–water partition coefficient (Wildman–Crippen LogP) is 8.77. The summed E-state index contributed by atoms with van der Waals surface area (Å²) in [6.45, 7) is 4.58. The molecule has 0 saturated heterocycles. The van der Waals surface area contributed by atoms with Crippen LogP contribution >= 0.6 is 0 Å². The second-order valence-electron chi connectivity index (χ2n) is 9.35. The Labute approximate surface area is 174 Å². The monoisotopic (exact) mass is 378 g/mol. The summed E-state index contributed by atoms with van der Waals surface area (Å²) >= 11 is 0. The fourth-order valence-electron chi connectivity index (χ4n) is 5.21. The first-order chi connectivity index (χ1) is 13.8. The summed E-state index contributed by atoms with van der Waals surface area (Å²) in [5.41, 5.74) is 4.31. The van der Waals surface area contributed by atoms with Crippen molar-refractivity contribution in [3.63, 3.8) is 0 Å². The van der Waals surface area contributed by atoms with Crippen LogP contribution in [0.15, 0.2) is 42.5 Å². The van der Waals surface area contributed by atoms with E-state index >= 15 is 0 Å². The van der Waals surface area contributed by atoms with Crippen molar-refractivity contribution in [1.29, 1.82) is 0 Å². The first kappa shape index (κ1) is 21.4. The molecule has 1 atom stereocenters. The van der Waals surface area contributed by atoms with E-state index in [9.17, 15) is 0 Å². The molecule has 28 heavy (non-hydrogen) atoms. The number of hydrogen-bond donors (Lipinski definition) is 0. The van der Waals surface area contributed by atoms with Crippen molar-refractivity contribution < 1.29 is 0 Å². The Hall–Kier alpha value is -1.30. The van der Waals surface area contributed by atoms with Crippen LogP contribution in [0.1, 0.15) is 102 Å². The quantitative estimate of drug-likeness (QED) is 0.357. The van der Waals surface area contributed by atoms with Crippen LogP contribution in [-0.4, -0.2) is 0 Å². The standard InChI is InChI=1S/C28H42/c1-3-5-7-8-10-24-13-17-26(18-14-24)28-21-19-27(20-22-28)25-15-11-23(12-16-25)9-6-4-2/h11-12,15-16,19-21,24,26,28H,3-10,13-14,17-18,22H2,1-2H3/t24-,26-,28?. The molecule has 2 aliphatic rings. The van der Waals surface area contributed by atoms with Crippen molar-refractivity contribution in [3.05, 3.63) is 53.6 Å². The van der Waals surface area contributed by atoms with Gasteiger partial charge in [-0.3, -0.25) is 0 Å². The summed E-state index contributed by atoms with van der Waals surface area (Å²) in [5, 5.41) is 0. The highest BCUT2D eigenvalue weighted by Crippen LogP contribution is 2.39. The lowest BCUT2D eigenvalue weighted by Crippen LogP contribution is -2.21. The van der Waals surface area contributed by atoms with E-state index in [1.807, 2.05) is 0 Å². The molecule has 1 aromatic rings. The van der Waals surface area contributed by atoms with Crippen LogP contribution in [0.25, 0.3) is 5.57 Å². The van der Waals surface area contributed by atoms with E-state index in [-0.39, 0.29) is 0 Å². The van der Waals surface area contributed by atoms with E-state index in [1.165, 1.54) is 100 Å². The van der Waals surface area contributed by atoms with E-state index in [1.54, 1.807) is 0 Å². The minimum Gasteiger partial charge on any atom is -0.0802 e. The second-order valence-corrected chi connectivity index (χ2v) is 9.35. The predicted molar refractivity (Wildman–Crippen MR) is 124 cm³/mol. The third-order valence-electron chi connectivity index (χ3n) is 7.20. The van der Waals surface area contributed by atoms with E-state index in [0.717, 1.165) is 17.8 Å². The lowest BCUT2D eigenvalue weighted by Gasteiger charge is -2.33. The minimum atomic E-state index is 0.786. The van der Waals surface area contributed by atoms with Gasteiger partial charge in [-0.1, -0.05) is 108 Å². The zero-order valence-electron chi connectivity index (χ0n) is 18.5. The lowest BCUT2D eigenvalue weighted by molar-refractivity contribution is 0.218. The summed E-state index contributed by atoms with van der Waals surface area (Å²) in [6.07, 6.45) is 25.6. The highest BCUT2D eigenvalue weighted by atomic mass is 14.3. The molecule has 0 N–H and O–H groups in total. The maximum atomic E-state index is 2.53. The Balaban J connectivity index is 1.42. The maximum Gasteiger partial charge on any atom is -0.0167 e. The average molecular weight is 379 g/mol. The Bertz CT molecular complexity index is 610. The topological polar surface area (TPSA) is 0 Å². The van der Waals surface area contributed by atoms with E-state index in [2.05, 4.69) is 56.3 Å². The fraction of sp³-hybridized carbons (Fsp3) is 0.643. The van der Waals surface area contributed by atoms with Crippen molar-refractivity contribution in [2.75, 3.05) is 0 Å². The maximum absolute atomic E-state index is 2.53. The average Bonchev–Trinajstić information content (AvgIpc) is 2.76. The molecule has 0 amide bonds. The molecule has 1 saturated carbocycles. The molecule has 0 aliphatic heterocycles. The number of hydrogen-bond acceptors (Lipinski definition) is 0. The third-order valence-corrected chi connectivity index (χ3v) is 7.20. The zero-order valence-corrected chi connectivity index (χ0v) is 18.5. The van der Waals surface area contributed by atoms with Crippen molar-refractivity contribution in [2.45, 2.75) is 97.3 Å². The van der Waals surface area contributed by atoms with Crippen LogP contribution < -0.4 is 0 Å². The van der Waals surface area contributed by atoms with E-state index in [4.69, 9.17) is 0 Å². The molecule has 0 bridgehead atoms. The van der Waals surface area contributed by atoms with Gasteiger partial charge in [0.1, 0.15) is 0 Å². The molecule has 0 heterocycles. The highest BCUT2D eigenvalue weighted by molar-refractivity contribution is 5.75. The Morgan fingerprint density at radius 3 is 2.21 bits per heavy atom. The summed E-state index contributed by atoms with van der Waals surface area (Å²) in [5.74, 6) is 2.74. The number of benzene rings is 1. The van der Waals surface area contributed by atoms with Gasteiger partial charge in [0.15, 0.2) is 0 Å². The van der Waals surface area contributed by atoms with Crippen LogP contribution in [0.3, 0.4) is 0 Å². The summed E-state index contributed by atoms with van der Waals surface area (Å²) < 4.78 is 0. The van der Waals surface area contributed by atoms with Crippen molar-refractivity contribution in [3.8, 4) is 0 Å². The van der Waals surface area contributed by atoms with Gasteiger partial charge in [0.25, 0.3) is 0 Å². The smallest absolute Gasteiger partial charge is 0.0167 e. The minimum absolute atomic E-state index is 0.786. The zero-order chi connectivity index (χ0) is 19.6. The van der Waals surface area contributed by atoms with Crippen LogP contribution in [0.4, 0.5) is 0 Å². The Morgan fingerprint density at radius 2 is 1.57 bits per heavy atom. The van der Waals surface area contributed by atoms with E-state index in [0.29, 0.717) is 0 Å². The third kappa shape index (κ3) is 6.36. The second kappa shape index (κ2) is 11.6. The van der Waals surface area contributed by atoms with Gasteiger partial charge in [-0.2, -0.15) is 0 Å². The molecular weight excluding hydrogens is 336 g/mol. The largest absolute Gasteiger partial charge is 0.0802 e. The van der Waals surface area contributed by atoms with Crippen LogP contribution in [0.2, 0.25) is 0 Å². The molecule has 0 radical (unpaired) electrons. The normalized spacial score (nSPS) is 24.9. The van der Waals surface area contributed by atoms with Crippen molar-refractivity contribution >= 4 is 5.57 Å². The molecule has 0 spiro atoms. The molecule has 2 aliphatic carbocycles. The molecule has 0 heteroatoms. The number of unbranched alkanes of at least 4 members (excludes halogenated alkanes) is 4. The molecular formula is C28H42. The van der Waals surface area contributed by atoms with Gasteiger partial charge in [0, 0.05) is 0 Å². The number of aryl methyl sites for hydroxylation is 1. The lowest BCUT2D eigenvalue weighted by atomic mass is 9.72. The fourth-order valence-corrected chi connectivity index (χ4v) is 5.21. The summed E-state index contributed by atoms with van der Waals surface area (Å²) in [7, 11) is 0. The van der Waals surface area contributed by atoms with Gasteiger partial charge in [0.2, 0.25) is 0 Å². The van der Waals surface area contributed by atoms with Gasteiger partial charge in [-0.05, 0) is 66.6 Å². The van der Waals surface area contributed by atoms with Crippen LogP contribution in [0, 0.1) is 17.8 Å². The Kier molecular flexibility index (Phi) is 8.90. The molecule has 0 aromatic heterocycles. The first-order valence-electron chi connectivity index (χ1n) is 12.3. The molecule has 3 rings (SSSR count). The molecule has 154 valence electrons. The van der Waals surface area contributed by atoms with Crippen molar-refractivity contribution in [1.82, 2.24) is 0 Å². The van der Waals surface area contributed by atoms with Gasteiger partial charge in [-0.25, -0.2) is 0 Å². The molecule has 1 fully saturated rings. The molecule has 0 nitrogen and oxygen atoms in total. The number of allylic oxidation sites excluding steroid dienone is 4. The molecule has 1 aromatic carbocycles. The van der Waals surface area contributed by atoms with Crippen LogP contribution in [0.5, 0.6) is 0 Å². The van der Waals surface area contributed by atoms with Crippen LogP contribution in [-0.2, 0) is 6.42 Å². The van der Waals surface area contributed by atoms with Crippen molar-refractivity contribution in [2.24, 2.45) is 17.8 Å². The van der Waals surface area contributed by atoms with Gasteiger partial charge < -0.3 is 0 Å². The number of rotatable bonds is 10. The first-order valence-corrected chi connectivity index (χ1v) is 12.3. The van der Waals surface area contributed by atoms with E-state index < -0.39 is 0 Å². The summed E-state index contributed by atoms with van der Waals surface area (Å²) in [6, 6.07) is 9.30. The SMILES string of the molecule is CCCCCC[C@H]1CC[C@H](C2C=CC(c3ccc(CCCC)cc3)=CC2)CC1. The summed E-state index contributed by atoms with van der Waals surface area (Å²) in [4.78, 5) is 0. The van der Waals surface area contributed by atoms with Gasteiger partial charge >= 0.3 is 0 Å². The Morgan fingerprint density at radius 1 is 0.821 bits per heavy atom. The molecule has 1 unspecified atom stereocenters.